The predicted octanol–water partition coefficient (Wildman–Crippen LogP) is 3.66. The van der Waals surface area contributed by atoms with Gasteiger partial charge in [-0.1, -0.05) is 25.1 Å². The Hall–Kier alpha value is -1.53. The largest absolute Gasteiger partial charge is 0.373 e. The molecule has 0 saturated heterocycles. The number of rotatable bonds is 4. The monoisotopic (exact) mass is 285 g/mol. The number of fused-ring (bicyclic) bond motifs is 1. The van der Waals surface area contributed by atoms with E-state index >= 15 is 0 Å². The molecule has 1 aromatic rings. The molecule has 0 aliphatic carbocycles. The van der Waals surface area contributed by atoms with E-state index in [4.69, 9.17) is 0 Å². The van der Waals surface area contributed by atoms with Gasteiger partial charge in [0, 0.05) is 38.4 Å². The van der Waals surface area contributed by atoms with Gasteiger partial charge in [-0.3, -0.25) is 4.90 Å². The van der Waals surface area contributed by atoms with Crippen LogP contribution in [0.5, 0.6) is 0 Å². The van der Waals surface area contributed by atoms with Crippen molar-refractivity contribution in [2.24, 2.45) is 5.41 Å². The van der Waals surface area contributed by atoms with Crippen molar-refractivity contribution in [3.63, 3.8) is 0 Å². The van der Waals surface area contributed by atoms with Crippen molar-refractivity contribution in [2.75, 3.05) is 25.0 Å². The highest BCUT2D eigenvalue weighted by Crippen LogP contribution is 2.28. The van der Waals surface area contributed by atoms with Crippen molar-refractivity contribution in [3.8, 4) is 6.07 Å². The van der Waals surface area contributed by atoms with Crippen LogP contribution in [0.4, 0.5) is 5.69 Å². The normalized spacial score (nSPS) is 19.8. The van der Waals surface area contributed by atoms with Crippen LogP contribution in [-0.4, -0.2) is 31.1 Å². The van der Waals surface area contributed by atoms with Crippen molar-refractivity contribution in [2.45, 2.75) is 46.2 Å². The molecule has 0 spiro atoms. The third kappa shape index (κ3) is 3.77. The lowest BCUT2D eigenvalue weighted by atomic mass is 9.91. The van der Waals surface area contributed by atoms with Crippen LogP contribution >= 0.6 is 0 Å². The second-order valence-electron chi connectivity index (χ2n) is 6.79. The van der Waals surface area contributed by atoms with Crippen LogP contribution in [-0.2, 0) is 6.54 Å². The van der Waals surface area contributed by atoms with E-state index in [0.717, 1.165) is 32.5 Å². The van der Waals surface area contributed by atoms with Gasteiger partial charge < -0.3 is 4.90 Å². The molecule has 0 amide bonds. The van der Waals surface area contributed by atoms with Crippen molar-refractivity contribution < 1.29 is 0 Å². The first kappa shape index (κ1) is 15.9. The van der Waals surface area contributed by atoms with Gasteiger partial charge in [-0.05, 0) is 38.3 Å². The van der Waals surface area contributed by atoms with Gasteiger partial charge in [0.2, 0.25) is 0 Å². The number of para-hydroxylation sites is 1. The molecule has 0 fully saturated rings. The number of hydrogen-bond acceptors (Lipinski definition) is 3. The van der Waals surface area contributed by atoms with Crippen LogP contribution in [0.15, 0.2) is 24.3 Å². The van der Waals surface area contributed by atoms with Crippen LogP contribution in [0.25, 0.3) is 0 Å². The maximum absolute atomic E-state index is 9.23. The van der Waals surface area contributed by atoms with Crippen LogP contribution in [0.2, 0.25) is 0 Å². The average molecular weight is 285 g/mol. The van der Waals surface area contributed by atoms with Gasteiger partial charge in [-0.25, -0.2) is 0 Å². The summed E-state index contributed by atoms with van der Waals surface area (Å²) >= 11 is 0. The van der Waals surface area contributed by atoms with Gasteiger partial charge in [0.15, 0.2) is 0 Å². The number of anilines is 1. The lowest BCUT2D eigenvalue weighted by Gasteiger charge is -2.32. The number of benzene rings is 1. The third-order valence-electron chi connectivity index (χ3n) is 4.58. The summed E-state index contributed by atoms with van der Waals surface area (Å²) in [5.74, 6) is 0. The molecule has 1 atom stereocenters. The molecular weight excluding hydrogens is 258 g/mol. The Labute approximate surface area is 129 Å². The topological polar surface area (TPSA) is 30.3 Å². The van der Waals surface area contributed by atoms with Gasteiger partial charge in [-0.2, -0.15) is 5.26 Å². The molecule has 0 bridgehead atoms. The first-order chi connectivity index (χ1) is 9.96. The third-order valence-corrected chi connectivity index (χ3v) is 4.58. The predicted molar refractivity (Wildman–Crippen MR) is 88.2 cm³/mol. The zero-order valence-electron chi connectivity index (χ0n) is 13.8. The Morgan fingerprint density at radius 1 is 1.33 bits per heavy atom. The fourth-order valence-electron chi connectivity index (χ4n) is 3.02. The van der Waals surface area contributed by atoms with Crippen molar-refractivity contribution in [1.29, 1.82) is 5.26 Å². The maximum Gasteiger partial charge on any atom is 0.0684 e. The Kier molecular flexibility index (Phi) is 4.90. The average Bonchev–Trinajstić information content (AvgIpc) is 2.62. The zero-order chi connectivity index (χ0) is 15.5. The van der Waals surface area contributed by atoms with Crippen LogP contribution in [0.1, 0.15) is 39.2 Å². The lowest BCUT2D eigenvalue weighted by Crippen LogP contribution is -2.41. The van der Waals surface area contributed by atoms with Crippen molar-refractivity contribution >= 4 is 5.69 Å². The molecule has 0 N–H and O–H groups in total. The molecule has 21 heavy (non-hydrogen) atoms. The number of nitrogens with zero attached hydrogens (tertiary/aromatic N) is 3. The van der Waals surface area contributed by atoms with Crippen molar-refractivity contribution in [3.05, 3.63) is 29.8 Å². The number of likely N-dealkylation sites (N-methyl/N-ethyl adjacent to an activating group) is 1. The van der Waals surface area contributed by atoms with Gasteiger partial charge >= 0.3 is 0 Å². The molecule has 3 heteroatoms. The van der Waals surface area contributed by atoms with Crippen molar-refractivity contribution in [1.82, 2.24) is 4.90 Å². The molecule has 0 saturated carbocycles. The summed E-state index contributed by atoms with van der Waals surface area (Å²) in [4.78, 5) is 4.93. The smallest absolute Gasteiger partial charge is 0.0684 e. The highest BCUT2D eigenvalue weighted by molar-refractivity contribution is 5.54. The SMILES string of the molecule is CC[C@H]1CN(C)c2ccccc2CN1CCC(C)(C)C#N. The van der Waals surface area contributed by atoms with Gasteiger partial charge in [0.05, 0.1) is 11.5 Å². The van der Waals surface area contributed by atoms with E-state index in [0.29, 0.717) is 6.04 Å². The van der Waals surface area contributed by atoms with E-state index in [1.54, 1.807) is 0 Å². The zero-order valence-corrected chi connectivity index (χ0v) is 13.8. The molecular formula is C18H27N3. The summed E-state index contributed by atoms with van der Waals surface area (Å²) in [6.07, 6.45) is 2.07. The molecule has 0 aromatic heterocycles. The summed E-state index contributed by atoms with van der Waals surface area (Å²) in [5.41, 5.74) is 2.50. The Bertz CT molecular complexity index is 515. The van der Waals surface area contributed by atoms with E-state index in [-0.39, 0.29) is 5.41 Å². The summed E-state index contributed by atoms with van der Waals surface area (Å²) in [5, 5.41) is 9.23. The second kappa shape index (κ2) is 6.49. The van der Waals surface area contributed by atoms with E-state index in [1.807, 2.05) is 13.8 Å². The van der Waals surface area contributed by atoms with Crippen LogP contribution in [0, 0.1) is 16.7 Å². The minimum absolute atomic E-state index is 0.240. The molecule has 2 rings (SSSR count). The molecule has 0 radical (unpaired) electrons. The van der Waals surface area contributed by atoms with Gasteiger partial charge in [-0.15, -0.1) is 0 Å². The summed E-state index contributed by atoms with van der Waals surface area (Å²) in [6.45, 7) is 9.36. The molecule has 1 aliphatic heterocycles. The quantitative estimate of drug-likeness (QED) is 0.846. The van der Waals surface area contributed by atoms with E-state index in [2.05, 4.69) is 54.1 Å². The molecule has 1 aromatic carbocycles. The van der Waals surface area contributed by atoms with Gasteiger partial charge in [0.1, 0.15) is 0 Å². The molecule has 1 heterocycles. The summed E-state index contributed by atoms with van der Waals surface area (Å²) < 4.78 is 0. The van der Waals surface area contributed by atoms with Gasteiger partial charge in [0.25, 0.3) is 0 Å². The molecule has 3 nitrogen and oxygen atoms in total. The molecule has 0 unspecified atom stereocenters. The number of nitriles is 1. The van der Waals surface area contributed by atoms with E-state index < -0.39 is 0 Å². The highest BCUT2D eigenvalue weighted by atomic mass is 15.2. The van der Waals surface area contributed by atoms with Crippen LogP contribution < -0.4 is 4.90 Å². The second-order valence-corrected chi connectivity index (χ2v) is 6.79. The minimum Gasteiger partial charge on any atom is -0.373 e. The fourth-order valence-corrected chi connectivity index (χ4v) is 3.02. The van der Waals surface area contributed by atoms with E-state index in [9.17, 15) is 5.26 Å². The lowest BCUT2D eigenvalue weighted by molar-refractivity contribution is 0.172. The number of hydrogen-bond donors (Lipinski definition) is 0. The Balaban J connectivity index is 2.18. The first-order valence-electron chi connectivity index (χ1n) is 7.91. The maximum atomic E-state index is 9.23. The van der Waals surface area contributed by atoms with Crippen LogP contribution in [0.3, 0.4) is 0 Å². The molecule has 1 aliphatic rings. The molecule has 114 valence electrons. The Morgan fingerprint density at radius 2 is 2.05 bits per heavy atom. The summed E-state index contributed by atoms with van der Waals surface area (Å²) in [6, 6.07) is 11.7. The highest BCUT2D eigenvalue weighted by Gasteiger charge is 2.27. The fraction of sp³-hybridized carbons (Fsp3) is 0.611. The van der Waals surface area contributed by atoms with E-state index in [1.165, 1.54) is 11.3 Å². The Morgan fingerprint density at radius 3 is 2.71 bits per heavy atom. The first-order valence-corrected chi connectivity index (χ1v) is 7.91. The minimum atomic E-state index is -0.240. The standard InChI is InChI=1S/C18H27N3/c1-5-16-13-20(4)17-9-7-6-8-15(17)12-21(16)11-10-18(2,3)14-19/h6-9,16H,5,10-13H2,1-4H3/t16-/m0/s1. The summed E-state index contributed by atoms with van der Waals surface area (Å²) in [7, 11) is 2.18.